The van der Waals surface area contributed by atoms with Crippen molar-refractivity contribution >= 4 is 12.3 Å². The normalized spacial score (nSPS) is 11.8. The van der Waals surface area contributed by atoms with Gasteiger partial charge in [-0.25, -0.2) is 0 Å². The molecule has 0 fully saturated rings. The summed E-state index contributed by atoms with van der Waals surface area (Å²) in [5, 5.41) is 9.16. The molecule has 17 heavy (non-hydrogen) atoms. The summed E-state index contributed by atoms with van der Waals surface area (Å²) in [5.74, 6) is -0.522. The lowest BCUT2D eigenvalue weighted by Gasteiger charge is -2.15. The fourth-order valence-electron chi connectivity index (χ4n) is 1.26. The molecule has 5 nitrogen and oxygen atoms in total. The number of aliphatic hydroxyl groups is 1. The van der Waals surface area contributed by atoms with Crippen molar-refractivity contribution in [3.63, 3.8) is 0 Å². The number of benzene rings is 1. The van der Waals surface area contributed by atoms with Gasteiger partial charge in [0.15, 0.2) is 0 Å². The van der Waals surface area contributed by atoms with Crippen molar-refractivity contribution in [2.45, 2.75) is 18.9 Å². The highest BCUT2D eigenvalue weighted by Crippen LogP contribution is 2.11. The molecule has 0 aliphatic carbocycles. The number of carbonyl (C=O) groups is 2. The van der Waals surface area contributed by atoms with Crippen molar-refractivity contribution in [2.75, 3.05) is 6.61 Å². The molecule has 0 amide bonds. The maximum atomic E-state index is 11.1. The number of aliphatic hydroxyl groups excluding tert-OH is 1. The van der Waals surface area contributed by atoms with Gasteiger partial charge in [0.1, 0.15) is 6.29 Å². The number of hydrogen-bond donors (Lipinski definition) is 2. The predicted octanol–water partition coefficient (Wildman–Crippen LogP) is 0.747. The molecule has 92 valence electrons. The van der Waals surface area contributed by atoms with Crippen LogP contribution >= 0.6 is 0 Å². The molecule has 0 saturated carbocycles. The summed E-state index contributed by atoms with van der Waals surface area (Å²) < 4.78 is 0. The minimum Gasteiger partial charge on any atom is -0.394 e. The third-order valence-corrected chi connectivity index (χ3v) is 2.17. The van der Waals surface area contributed by atoms with Crippen molar-refractivity contribution in [3.05, 3.63) is 35.9 Å². The highest BCUT2D eigenvalue weighted by molar-refractivity contribution is 5.72. The second-order valence-corrected chi connectivity index (χ2v) is 3.44. The van der Waals surface area contributed by atoms with Gasteiger partial charge in [0.05, 0.1) is 19.1 Å². The quantitative estimate of drug-likeness (QED) is 0.540. The van der Waals surface area contributed by atoms with Gasteiger partial charge in [-0.15, -0.1) is 5.48 Å². The number of hydroxylamine groups is 1. The molecule has 0 bridgehead atoms. The minimum atomic E-state index is -0.522. The Hall–Kier alpha value is -1.72. The number of carbonyl (C=O) groups excluding carboxylic acids is 2. The van der Waals surface area contributed by atoms with E-state index in [0.29, 0.717) is 6.29 Å². The second-order valence-electron chi connectivity index (χ2n) is 3.44. The van der Waals surface area contributed by atoms with Crippen LogP contribution in [0, 0.1) is 0 Å². The van der Waals surface area contributed by atoms with Crippen molar-refractivity contribution in [3.8, 4) is 0 Å². The molecule has 1 rings (SSSR count). The Morgan fingerprint density at radius 2 is 2.12 bits per heavy atom. The average molecular weight is 237 g/mol. The Balaban J connectivity index is 2.43. The third-order valence-electron chi connectivity index (χ3n) is 2.17. The molecule has 0 radical (unpaired) electrons. The Kier molecular flexibility index (Phi) is 5.92. The number of hydrogen-bond acceptors (Lipinski definition) is 5. The lowest BCUT2D eigenvalue weighted by molar-refractivity contribution is -0.154. The first kappa shape index (κ1) is 13.3. The molecule has 1 aromatic carbocycles. The Labute approximate surface area is 99.4 Å². The average Bonchev–Trinajstić information content (AvgIpc) is 2.38. The zero-order valence-corrected chi connectivity index (χ0v) is 9.33. The van der Waals surface area contributed by atoms with Crippen LogP contribution in [0.1, 0.15) is 24.4 Å². The van der Waals surface area contributed by atoms with Gasteiger partial charge >= 0.3 is 5.97 Å². The van der Waals surface area contributed by atoms with Crippen molar-refractivity contribution < 1.29 is 19.5 Å². The topological polar surface area (TPSA) is 75.6 Å². The number of rotatable bonds is 7. The van der Waals surface area contributed by atoms with E-state index in [1.165, 1.54) is 0 Å². The Bertz CT molecular complexity index is 353. The Morgan fingerprint density at radius 3 is 2.71 bits per heavy atom. The van der Waals surface area contributed by atoms with Gasteiger partial charge in [0.25, 0.3) is 0 Å². The molecule has 1 unspecified atom stereocenters. The van der Waals surface area contributed by atoms with Crippen LogP contribution in [0.2, 0.25) is 0 Å². The molecule has 0 spiro atoms. The number of nitrogens with one attached hydrogen (secondary N) is 1. The summed E-state index contributed by atoms with van der Waals surface area (Å²) in [6.07, 6.45) is 0.820. The largest absolute Gasteiger partial charge is 0.394 e. The van der Waals surface area contributed by atoms with E-state index in [0.717, 1.165) is 5.56 Å². The van der Waals surface area contributed by atoms with Crippen LogP contribution in [-0.4, -0.2) is 24.0 Å². The molecular weight excluding hydrogens is 222 g/mol. The van der Waals surface area contributed by atoms with Crippen molar-refractivity contribution in [1.29, 1.82) is 0 Å². The van der Waals surface area contributed by atoms with Gasteiger partial charge in [0.2, 0.25) is 0 Å². The van der Waals surface area contributed by atoms with Gasteiger partial charge in [0, 0.05) is 6.42 Å². The maximum absolute atomic E-state index is 11.1. The van der Waals surface area contributed by atoms with E-state index < -0.39 is 12.0 Å². The van der Waals surface area contributed by atoms with E-state index in [-0.39, 0.29) is 19.4 Å². The van der Waals surface area contributed by atoms with Gasteiger partial charge in [-0.3, -0.25) is 4.79 Å². The summed E-state index contributed by atoms with van der Waals surface area (Å²) in [4.78, 5) is 25.9. The molecule has 0 heterocycles. The fourth-order valence-corrected chi connectivity index (χ4v) is 1.26. The van der Waals surface area contributed by atoms with E-state index in [9.17, 15) is 9.59 Å². The molecule has 0 aliphatic heterocycles. The van der Waals surface area contributed by atoms with Crippen LogP contribution in [0.25, 0.3) is 0 Å². The van der Waals surface area contributed by atoms with Crippen LogP contribution in [0.5, 0.6) is 0 Å². The smallest absolute Gasteiger partial charge is 0.325 e. The fraction of sp³-hybridized carbons (Fsp3) is 0.333. The van der Waals surface area contributed by atoms with Gasteiger partial charge < -0.3 is 14.7 Å². The standard InChI is InChI=1S/C12H15NO4/c14-8-4-7-12(16)17-13-11(9-15)10-5-2-1-3-6-10/h1-3,5-6,8,11,13,15H,4,7,9H2. The van der Waals surface area contributed by atoms with E-state index in [4.69, 9.17) is 9.94 Å². The molecule has 1 aromatic rings. The van der Waals surface area contributed by atoms with Crippen LogP contribution < -0.4 is 5.48 Å². The zero-order valence-electron chi connectivity index (χ0n) is 9.33. The SMILES string of the molecule is O=CCCC(=O)ONC(CO)c1ccccc1. The molecular formula is C12H15NO4. The third kappa shape index (κ3) is 4.76. The van der Waals surface area contributed by atoms with Gasteiger partial charge in [-0.2, -0.15) is 0 Å². The molecule has 1 atom stereocenters. The summed E-state index contributed by atoms with van der Waals surface area (Å²) in [7, 11) is 0. The summed E-state index contributed by atoms with van der Waals surface area (Å²) in [6.45, 7) is -0.190. The van der Waals surface area contributed by atoms with Crippen molar-refractivity contribution in [2.24, 2.45) is 0 Å². The van der Waals surface area contributed by atoms with E-state index in [1.807, 2.05) is 30.3 Å². The molecule has 5 heteroatoms. The molecule has 2 N–H and O–H groups in total. The molecule has 0 aromatic heterocycles. The molecule has 0 aliphatic rings. The second kappa shape index (κ2) is 7.54. The van der Waals surface area contributed by atoms with E-state index in [2.05, 4.69) is 5.48 Å². The van der Waals surface area contributed by atoms with Gasteiger partial charge in [-0.1, -0.05) is 30.3 Å². The first-order valence-electron chi connectivity index (χ1n) is 5.32. The molecule has 0 saturated heterocycles. The van der Waals surface area contributed by atoms with Crippen LogP contribution in [0.3, 0.4) is 0 Å². The summed E-state index contributed by atoms with van der Waals surface area (Å²) in [5.41, 5.74) is 3.30. The first-order chi connectivity index (χ1) is 8.27. The lowest BCUT2D eigenvalue weighted by Crippen LogP contribution is -2.27. The Morgan fingerprint density at radius 1 is 1.41 bits per heavy atom. The summed E-state index contributed by atoms with van der Waals surface area (Å²) in [6, 6.07) is 8.67. The summed E-state index contributed by atoms with van der Waals surface area (Å²) >= 11 is 0. The van der Waals surface area contributed by atoms with E-state index >= 15 is 0 Å². The van der Waals surface area contributed by atoms with Crippen LogP contribution in [0.4, 0.5) is 0 Å². The van der Waals surface area contributed by atoms with Gasteiger partial charge in [-0.05, 0) is 5.56 Å². The predicted molar refractivity (Wildman–Crippen MR) is 60.8 cm³/mol. The van der Waals surface area contributed by atoms with Crippen molar-refractivity contribution in [1.82, 2.24) is 5.48 Å². The number of aldehydes is 1. The minimum absolute atomic E-state index is 0.0312. The monoisotopic (exact) mass is 237 g/mol. The highest BCUT2D eigenvalue weighted by atomic mass is 16.7. The zero-order chi connectivity index (χ0) is 12.5. The lowest BCUT2D eigenvalue weighted by atomic mass is 10.1. The van der Waals surface area contributed by atoms with E-state index in [1.54, 1.807) is 0 Å². The van der Waals surface area contributed by atoms with Crippen LogP contribution in [-0.2, 0) is 14.4 Å². The maximum Gasteiger partial charge on any atom is 0.325 e. The highest BCUT2D eigenvalue weighted by Gasteiger charge is 2.12. The first-order valence-corrected chi connectivity index (χ1v) is 5.32. The van der Waals surface area contributed by atoms with Crippen LogP contribution in [0.15, 0.2) is 30.3 Å².